The van der Waals surface area contributed by atoms with E-state index < -0.39 is 0 Å². The number of hydrogen-bond acceptors (Lipinski definition) is 2. The molecule has 7 rings (SSSR count). The molecule has 0 N–H and O–H groups in total. The van der Waals surface area contributed by atoms with E-state index in [4.69, 9.17) is 0 Å². The standard InChI is InChI=1S/C34H20O2/c35-33-29-13-5-11-27(25-17-15-21-7-1-3-9-23(21)19-25)31(29)34(36)32-28(12-6-14-30(32)33)26-18-16-22-8-2-4-10-24(22)20-26/h1-20H. The van der Waals surface area contributed by atoms with E-state index in [2.05, 4.69) is 48.5 Å². The summed E-state index contributed by atoms with van der Waals surface area (Å²) in [5.74, 6) is -0.211. The Morgan fingerprint density at radius 2 is 0.750 bits per heavy atom. The maximum absolute atomic E-state index is 14.2. The van der Waals surface area contributed by atoms with Crippen LogP contribution in [0.15, 0.2) is 121 Å². The van der Waals surface area contributed by atoms with Crippen LogP contribution in [0.2, 0.25) is 0 Å². The van der Waals surface area contributed by atoms with Gasteiger partial charge in [-0.05, 0) is 55.9 Å². The zero-order valence-corrected chi connectivity index (χ0v) is 19.4. The Bertz CT molecular complexity index is 1740. The predicted octanol–water partition coefficient (Wildman–Crippen LogP) is 8.10. The molecule has 0 saturated heterocycles. The fourth-order valence-corrected chi connectivity index (χ4v) is 5.44. The normalized spacial score (nSPS) is 12.6. The molecule has 0 heterocycles. The summed E-state index contributed by atoms with van der Waals surface area (Å²) < 4.78 is 0. The summed E-state index contributed by atoms with van der Waals surface area (Å²) in [5.41, 5.74) is 5.34. The highest BCUT2D eigenvalue weighted by Gasteiger charge is 2.33. The average molecular weight is 461 g/mol. The number of carbonyl (C=O) groups excluding carboxylic acids is 2. The molecule has 168 valence electrons. The highest BCUT2D eigenvalue weighted by atomic mass is 16.1. The Labute approximate surface area is 208 Å². The lowest BCUT2D eigenvalue weighted by Crippen LogP contribution is -2.22. The maximum atomic E-state index is 14.2. The van der Waals surface area contributed by atoms with Crippen molar-refractivity contribution in [2.24, 2.45) is 0 Å². The first-order valence-electron chi connectivity index (χ1n) is 12.0. The molecule has 2 heteroatoms. The zero-order valence-electron chi connectivity index (χ0n) is 19.4. The molecule has 0 aliphatic heterocycles. The second kappa shape index (κ2) is 7.86. The van der Waals surface area contributed by atoms with E-state index in [9.17, 15) is 9.59 Å². The first-order valence-corrected chi connectivity index (χ1v) is 12.0. The molecule has 0 bridgehead atoms. The Kier molecular flexibility index (Phi) is 4.49. The fourth-order valence-electron chi connectivity index (χ4n) is 5.44. The van der Waals surface area contributed by atoms with E-state index in [1.807, 2.05) is 60.7 Å². The molecule has 0 saturated carbocycles. The summed E-state index contributed by atoms with van der Waals surface area (Å²) in [7, 11) is 0. The van der Waals surface area contributed by atoms with Crippen molar-refractivity contribution in [2.45, 2.75) is 0 Å². The van der Waals surface area contributed by atoms with Crippen molar-refractivity contribution in [2.75, 3.05) is 0 Å². The minimum atomic E-state index is -0.107. The third-order valence-corrected chi connectivity index (χ3v) is 7.19. The van der Waals surface area contributed by atoms with Crippen LogP contribution in [0.25, 0.3) is 43.8 Å². The Hall–Kier alpha value is -4.82. The lowest BCUT2D eigenvalue weighted by Gasteiger charge is -2.23. The Morgan fingerprint density at radius 1 is 0.333 bits per heavy atom. The van der Waals surface area contributed by atoms with Gasteiger partial charge in [-0.1, -0.05) is 109 Å². The van der Waals surface area contributed by atoms with Crippen molar-refractivity contribution in [3.63, 3.8) is 0 Å². The number of ketones is 2. The van der Waals surface area contributed by atoms with Gasteiger partial charge >= 0.3 is 0 Å². The molecule has 0 amide bonds. The molecule has 6 aromatic rings. The van der Waals surface area contributed by atoms with Crippen molar-refractivity contribution in [1.29, 1.82) is 0 Å². The van der Waals surface area contributed by atoms with Crippen molar-refractivity contribution in [3.8, 4) is 22.3 Å². The fraction of sp³-hybridized carbons (Fsp3) is 0. The van der Waals surface area contributed by atoms with Gasteiger partial charge in [-0.15, -0.1) is 0 Å². The van der Waals surface area contributed by atoms with Crippen LogP contribution in [0.5, 0.6) is 0 Å². The minimum Gasteiger partial charge on any atom is -0.289 e. The topological polar surface area (TPSA) is 34.1 Å². The number of carbonyl (C=O) groups is 2. The molecule has 0 aromatic heterocycles. The molecule has 36 heavy (non-hydrogen) atoms. The van der Waals surface area contributed by atoms with Gasteiger partial charge in [0.05, 0.1) is 0 Å². The molecular formula is C34H20O2. The second-order valence-corrected chi connectivity index (χ2v) is 9.24. The maximum Gasteiger partial charge on any atom is 0.195 e. The van der Waals surface area contributed by atoms with E-state index in [0.29, 0.717) is 22.3 Å². The summed E-state index contributed by atoms with van der Waals surface area (Å²) in [6.45, 7) is 0. The predicted molar refractivity (Wildman–Crippen MR) is 146 cm³/mol. The highest BCUT2D eigenvalue weighted by molar-refractivity contribution is 6.32. The van der Waals surface area contributed by atoms with Gasteiger partial charge in [-0.2, -0.15) is 0 Å². The Morgan fingerprint density at radius 3 is 1.22 bits per heavy atom. The molecule has 1 aliphatic rings. The number of hydrogen-bond donors (Lipinski definition) is 0. The third-order valence-electron chi connectivity index (χ3n) is 7.19. The Balaban J connectivity index is 1.45. The van der Waals surface area contributed by atoms with Crippen molar-refractivity contribution in [3.05, 3.63) is 144 Å². The van der Waals surface area contributed by atoms with Gasteiger partial charge in [0.2, 0.25) is 0 Å². The first kappa shape index (κ1) is 20.5. The van der Waals surface area contributed by atoms with E-state index in [-0.39, 0.29) is 11.6 Å². The summed E-state index contributed by atoms with van der Waals surface area (Å²) in [5, 5.41) is 4.47. The van der Waals surface area contributed by atoms with E-state index in [0.717, 1.165) is 43.8 Å². The first-order chi connectivity index (χ1) is 17.7. The summed E-state index contributed by atoms with van der Waals surface area (Å²) in [6, 6.07) is 39.8. The molecule has 0 atom stereocenters. The van der Waals surface area contributed by atoms with Crippen LogP contribution in [0.1, 0.15) is 31.8 Å². The summed E-state index contributed by atoms with van der Waals surface area (Å²) >= 11 is 0. The van der Waals surface area contributed by atoms with Gasteiger partial charge in [-0.3, -0.25) is 9.59 Å². The molecule has 0 spiro atoms. The third kappa shape index (κ3) is 3.05. The van der Waals surface area contributed by atoms with E-state index in [1.165, 1.54) is 0 Å². The van der Waals surface area contributed by atoms with Gasteiger partial charge in [0.15, 0.2) is 11.6 Å². The van der Waals surface area contributed by atoms with Crippen molar-refractivity contribution < 1.29 is 9.59 Å². The SMILES string of the molecule is O=C1c2cccc(-c3ccc4ccccc4c3)c2C(=O)c2c1cccc2-c1ccc2ccccc2c1. The van der Waals surface area contributed by atoms with Gasteiger partial charge < -0.3 is 0 Å². The average Bonchev–Trinajstić information content (AvgIpc) is 2.94. The van der Waals surface area contributed by atoms with Crippen molar-refractivity contribution in [1.82, 2.24) is 0 Å². The lowest BCUT2D eigenvalue weighted by atomic mass is 9.77. The number of fused-ring (bicyclic) bond motifs is 4. The largest absolute Gasteiger partial charge is 0.289 e. The minimum absolute atomic E-state index is 0.105. The van der Waals surface area contributed by atoms with E-state index in [1.54, 1.807) is 12.1 Å². The number of rotatable bonds is 2. The van der Waals surface area contributed by atoms with Gasteiger partial charge in [0, 0.05) is 22.3 Å². The van der Waals surface area contributed by atoms with Gasteiger partial charge in [-0.25, -0.2) is 0 Å². The van der Waals surface area contributed by atoms with E-state index >= 15 is 0 Å². The van der Waals surface area contributed by atoms with Crippen LogP contribution in [0.4, 0.5) is 0 Å². The molecule has 0 unspecified atom stereocenters. The molecule has 1 aliphatic carbocycles. The molecule has 2 nitrogen and oxygen atoms in total. The van der Waals surface area contributed by atoms with Crippen LogP contribution in [-0.4, -0.2) is 11.6 Å². The second-order valence-electron chi connectivity index (χ2n) is 9.24. The lowest BCUT2D eigenvalue weighted by molar-refractivity contribution is 0.0980. The number of benzene rings is 6. The quantitative estimate of drug-likeness (QED) is 0.261. The zero-order chi connectivity index (χ0) is 24.2. The van der Waals surface area contributed by atoms with Gasteiger partial charge in [0.1, 0.15) is 0 Å². The molecule has 6 aromatic carbocycles. The molecule has 0 radical (unpaired) electrons. The van der Waals surface area contributed by atoms with Crippen LogP contribution in [0, 0.1) is 0 Å². The van der Waals surface area contributed by atoms with Crippen LogP contribution < -0.4 is 0 Å². The summed E-state index contributed by atoms with van der Waals surface area (Å²) in [4.78, 5) is 27.9. The molecular weight excluding hydrogens is 440 g/mol. The molecule has 0 fully saturated rings. The van der Waals surface area contributed by atoms with Crippen LogP contribution >= 0.6 is 0 Å². The smallest absolute Gasteiger partial charge is 0.195 e. The van der Waals surface area contributed by atoms with Crippen LogP contribution in [0.3, 0.4) is 0 Å². The van der Waals surface area contributed by atoms with Crippen LogP contribution in [-0.2, 0) is 0 Å². The van der Waals surface area contributed by atoms with Crippen molar-refractivity contribution >= 4 is 33.1 Å². The monoisotopic (exact) mass is 460 g/mol. The van der Waals surface area contributed by atoms with Gasteiger partial charge in [0.25, 0.3) is 0 Å². The highest BCUT2D eigenvalue weighted by Crippen LogP contribution is 2.39. The summed E-state index contributed by atoms with van der Waals surface area (Å²) in [6.07, 6.45) is 0.